The van der Waals surface area contributed by atoms with E-state index in [9.17, 15) is 0 Å². The maximum Gasteiger partial charge on any atom is 0.0703 e. The van der Waals surface area contributed by atoms with Gasteiger partial charge >= 0.3 is 0 Å². The molecule has 0 aromatic rings. The molecule has 0 N–H and O–H groups in total. The topological polar surface area (TPSA) is 18.5 Å². The van der Waals surface area contributed by atoms with Crippen LogP contribution in [0.4, 0.5) is 0 Å². The summed E-state index contributed by atoms with van der Waals surface area (Å²) in [6, 6.07) is 0. The van der Waals surface area contributed by atoms with E-state index in [1.165, 1.54) is 25.7 Å². The molecule has 0 aliphatic carbocycles. The van der Waals surface area contributed by atoms with Gasteiger partial charge in [0, 0.05) is 5.41 Å². The predicted molar refractivity (Wildman–Crippen MR) is 78.0 cm³/mol. The van der Waals surface area contributed by atoms with Crippen LogP contribution in [0.3, 0.4) is 0 Å². The summed E-state index contributed by atoms with van der Waals surface area (Å²) >= 11 is 4.52. The van der Waals surface area contributed by atoms with E-state index in [0.717, 1.165) is 12.4 Å². The lowest BCUT2D eigenvalue weighted by atomic mass is 9.82. The molecule has 0 atom stereocenters. The van der Waals surface area contributed by atoms with Crippen molar-refractivity contribution in [3.05, 3.63) is 0 Å². The highest BCUT2D eigenvalue weighted by atomic mass is 32.1. The minimum absolute atomic E-state index is 0.268. The molecule has 0 saturated heterocycles. The van der Waals surface area contributed by atoms with E-state index in [0.29, 0.717) is 19.3 Å². The van der Waals surface area contributed by atoms with Crippen LogP contribution in [0.15, 0.2) is 0 Å². The summed E-state index contributed by atoms with van der Waals surface area (Å²) in [6.45, 7) is 10.8. The normalized spacial score (nSPS) is 12.4. The number of rotatable bonds is 11. The fraction of sp³-hybridized carbons (Fsp3) is 1.00. The fourth-order valence-electron chi connectivity index (χ4n) is 2.17. The van der Waals surface area contributed by atoms with Crippen LogP contribution in [-0.4, -0.2) is 31.7 Å². The third-order valence-corrected chi connectivity index (χ3v) is 3.65. The largest absolute Gasteiger partial charge is 0.378 e. The van der Waals surface area contributed by atoms with E-state index in [2.05, 4.69) is 26.5 Å². The van der Waals surface area contributed by atoms with Gasteiger partial charge in [-0.1, -0.05) is 26.7 Å². The van der Waals surface area contributed by atoms with Gasteiger partial charge in [-0.2, -0.15) is 12.6 Å². The Morgan fingerprint density at radius 3 is 2.06 bits per heavy atom. The molecular weight excluding hydrogens is 232 g/mol. The monoisotopic (exact) mass is 262 g/mol. The quantitative estimate of drug-likeness (QED) is 0.449. The predicted octanol–water partition coefficient (Wildman–Crippen LogP) is 3.94. The van der Waals surface area contributed by atoms with E-state index in [-0.39, 0.29) is 5.41 Å². The van der Waals surface area contributed by atoms with Gasteiger partial charge in [-0.15, -0.1) is 0 Å². The van der Waals surface area contributed by atoms with Crippen molar-refractivity contribution in [2.24, 2.45) is 5.41 Å². The summed E-state index contributed by atoms with van der Waals surface area (Å²) in [5.74, 6) is 0.916. The molecular formula is C14H30O2S. The smallest absolute Gasteiger partial charge is 0.0703 e. The average molecular weight is 262 g/mol. The molecule has 0 aliphatic rings. The average Bonchev–Trinajstić information content (AvgIpc) is 2.28. The molecule has 0 fully saturated rings. The minimum Gasteiger partial charge on any atom is -0.378 e. The molecule has 0 rings (SSSR count). The van der Waals surface area contributed by atoms with Crippen LogP contribution in [0.1, 0.15) is 53.4 Å². The lowest BCUT2D eigenvalue weighted by Crippen LogP contribution is -2.30. The second-order valence-electron chi connectivity index (χ2n) is 5.13. The standard InChI is InChI=1S/C14H30O2S/c1-5-7-14(12-17,8-6-2)11-15-9-10-16-13(3)4/h13,17H,5-12H2,1-4H3. The summed E-state index contributed by atoms with van der Waals surface area (Å²) in [7, 11) is 0. The Hall–Kier alpha value is 0.270. The molecule has 0 bridgehead atoms. The molecule has 104 valence electrons. The number of hydrogen-bond donors (Lipinski definition) is 1. The summed E-state index contributed by atoms with van der Waals surface area (Å²) in [4.78, 5) is 0. The van der Waals surface area contributed by atoms with Gasteiger partial charge in [-0.3, -0.25) is 0 Å². The second kappa shape index (κ2) is 10.2. The molecule has 0 radical (unpaired) electrons. The molecule has 0 saturated carbocycles. The summed E-state index contributed by atoms with van der Waals surface area (Å²) in [6.07, 6.45) is 5.10. The Morgan fingerprint density at radius 1 is 1.06 bits per heavy atom. The molecule has 0 aliphatic heterocycles. The first kappa shape index (κ1) is 17.3. The fourth-order valence-corrected chi connectivity index (χ4v) is 2.57. The van der Waals surface area contributed by atoms with Crippen molar-refractivity contribution in [1.29, 1.82) is 0 Å². The first-order valence-electron chi connectivity index (χ1n) is 6.90. The maximum absolute atomic E-state index is 5.77. The summed E-state index contributed by atoms with van der Waals surface area (Å²) in [5.41, 5.74) is 0.268. The van der Waals surface area contributed by atoms with Crippen LogP contribution in [0.2, 0.25) is 0 Å². The molecule has 3 heteroatoms. The van der Waals surface area contributed by atoms with Crippen molar-refractivity contribution in [3.63, 3.8) is 0 Å². The zero-order valence-corrected chi connectivity index (χ0v) is 12.9. The first-order chi connectivity index (χ1) is 8.10. The van der Waals surface area contributed by atoms with Gasteiger partial charge in [-0.05, 0) is 32.4 Å². The van der Waals surface area contributed by atoms with Gasteiger partial charge < -0.3 is 9.47 Å². The summed E-state index contributed by atoms with van der Waals surface area (Å²) in [5, 5.41) is 0. The third-order valence-electron chi connectivity index (χ3n) is 2.98. The minimum atomic E-state index is 0.268. The number of hydrogen-bond acceptors (Lipinski definition) is 3. The number of ether oxygens (including phenoxy) is 2. The highest BCUT2D eigenvalue weighted by molar-refractivity contribution is 7.80. The van der Waals surface area contributed by atoms with Crippen LogP contribution < -0.4 is 0 Å². The van der Waals surface area contributed by atoms with Crippen LogP contribution >= 0.6 is 12.6 Å². The third kappa shape index (κ3) is 8.06. The van der Waals surface area contributed by atoms with Crippen LogP contribution in [-0.2, 0) is 9.47 Å². The van der Waals surface area contributed by atoms with Crippen LogP contribution in [0.25, 0.3) is 0 Å². The molecule has 0 aromatic carbocycles. The van der Waals surface area contributed by atoms with Crippen LogP contribution in [0, 0.1) is 5.41 Å². The maximum atomic E-state index is 5.77. The molecule has 0 spiro atoms. The van der Waals surface area contributed by atoms with E-state index >= 15 is 0 Å². The SMILES string of the molecule is CCCC(CS)(CCC)COCCOC(C)C. The van der Waals surface area contributed by atoms with Crippen molar-refractivity contribution in [2.45, 2.75) is 59.5 Å². The van der Waals surface area contributed by atoms with Gasteiger partial charge in [0.1, 0.15) is 0 Å². The van der Waals surface area contributed by atoms with Crippen molar-refractivity contribution in [3.8, 4) is 0 Å². The molecule has 0 amide bonds. The van der Waals surface area contributed by atoms with E-state index in [1.807, 2.05) is 13.8 Å². The van der Waals surface area contributed by atoms with Crippen LogP contribution in [0.5, 0.6) is 0 Å². The molecule has 0 aromatic heterocycles. The van der Waals surface area contributed by atoms with Crippen molar-refractivity contribution in [2.75, 3.05) is 25.6 Å². The first-order valence-corrected chi connectivity index (χ1v) is 7.53. The molecule has 2 nitrogen and oxygen atoms in total. The lowest BCUT2D eigenvalue weighted by Gasteiger charge is -2.31. The van der Waals surface area contributed by atoms with E-state index in [1.54, 1.807) is 0 Å². The second-order valence-corrected chi connectivity index (χ2v) is 5.45. The Labute approximate surface area is 113 Å². The van der Waals surface area contributed by atoms with Gasteiger partial charge in [0.2, 0.25) is 0 Å². The molecule has 0 heterocycles. The Balaban J connectivity index is 3.89. The van der Waals surface area contributed by atoms with Gasteiger partial charge in [-0.25, -0.2) is 0 Å². The van der Waals surface area contributed by atoms with E-state index < -0.39 is 0 Å². The Morgan fingerprint density at radius 2 is 1.65 bits per heavy atom. The zero-order valence-electron chi connectivity index (χ0n) is 12.0. The van der Waals surface area contributed by atoms with Crippen molar-refractivity contribution >= 4 is 12.6 Å². The van der Waals surface area contributed by atoms with E-state index in [4.69, 9.17) is 9.47 Å². The van der Waals surface area contributed by atoms with Crippen molar-refractivity contribution in [1.82, 2.24) is 0 Å². The van der Waals surface area contributed by atoms with Gasteiger partial charge in [0.05, 0.1) is 25.9 Å². The Bertz CT molecular complexity index is 166. The summed E-state index contributed by atoms with van der Waals surface area (Å²) < 4.78 is 11.2. The zero-order chi connectivity index (χ0) is 13.1. The number of thiol groups is 1. The molecule has 0 unspecified atom stereocenters. The van der Waals surface area contributed by atoms with Gasteiger partial charge in [0.15, 0.2) is 0 Å². The highest BCUT2D eigenvalue weighted by Crippen LogP contribution is 2.31. The molecule has 17 heavy (non-hydrogen) atoms. The van der Waals surface area contributed by atoms with Gasteiger partial charge in [0.25, 0.3) is 0 Å². The lowest BCUT2D eigenvalue weighted by molar-refractivity contribution is -0.0101. The highest BCUT2D eigenvalue weighted by Gasteiger charge is 2.26. The Kier molecular flexibility index (Phi) is 10.4. The van der Waals surface area contributed by atoms with Crippen molar-refractivity contribution < 1.29 is 9.47 Å².